The van der Waals surface area contributed by atoms with Gasteiger partial charge in [-0.05, 0) is 20.3 Å². The van der Waals surface area contributed by atoms with Gasteiger partial charge in [-0.25, -0.2) is 4.98 Å². The maximum absolute atomic E-state index is 5.51. The first-order valence-corrected chi connectivity index (χ1v) is 6.00. The van der Waals surface area contributed by atoms with Crippen LogP contribution in [0.5, 0.6) is 0 Å². The molecule has 4 heteroatoms. The van der Waals surface area contributed by atoms with E-state index in [2.05, 4.69) is 29.0 Å². The van der Waals surface area contributed by atoms with E-state index >= 15 is 0 Å². The zero-order valence-corrected chi connectivity index (χ0v) is 10.4. The molecule has 0 amide bonds. The van der Waals surface area contributed by atoms with Gasteiger partial charge in [0.25, 0.3) is 0 Å². The van der Waals surface area contributed by atoms with Crippen LogP contribution in [0.3, 0.4) is 0 Å². The fourth-order valence-corrected chi connectivity index (χ4v) is 2.18. The highest BCUT2D eigenvalue weighted by Crippen LogP contribution is 2.17. The molecule has 0 saturated carbocycles. The van der Waals surface area contributed by atoms with Crippen LogP contribution in [0.4, 0.5) is 0 Å². The molecule has 1 aliphatic rings. The minimum Gasteiger partial charge on any atom is -0.445 e. The highest BCUT2D eigenvalue weighted by molar-refractivity contribution is 4.94. The van der Waals surface area contributed by atoms with E-state index in [1.54, 1.807) is 6.20 Å². The van der Waals surface area contributed by atoms with Crippen molar-refractivity contribution in [2.75, 3.05) is 19.6 Å². The lowest BCUT2D eigenvalue weighted by molar-refractivity contribution is 0.124. The molecule has 1 N–H and O–H groups in total. The minimum atomic E-state index is 0.236. The number of piperazine rings is 1. The zero-order chi connectivity index (χ0) is 11.6. The monoisotopic (exact) mass is 223 g/mol. The summed E-state index contributed by atoms with van der Waals surface area (Å²) in [7, 11) is 0. The van der Waals surface area contributed by atoms with E-state index in [4.69, 9.17) is 4.42 Å². The normalized spacial score (nSPS) is 27.2. The van der Waals surface area contributed by atoms with Gasteiger partial charge in [0.05, 0.1) is 12.7 Å². The average molecular weight is 223 g/mol. The van der Waals surface area contributed by atoms with E-state index in [1.807, 2.05) is 6.92 Å². The molecule has 1 unspecified atom stereocenters. The van der Waals surface area contributed by atoms with E-state index < -0.39 is 0 Å². The maximum Gasteiger partial charge on any atom is 0.208 e. The second-order valence-corrected chi connectivity index (χ2v) is 4.92. The molecule has 0 aromatic carbocycles. The molecule has 4 nitrogen and oxygen atoms in total. The van der Waals surface area contributed by atoms with Crippen LogP contribution in [-0.2, 0) is 6.54 Å². The van der Waals surface area contributed by atoms with Gasteiger partial charge in [0.15, 0.2) is 0 Å². The standard InChI is InChI=1S/C12H21N3O/c1-4-12(3)9-15(6-5-14-12)8-11-13-7-10(2)16-11/h7,14H,4-6,8-9H2,1-3H3. The number of oxazole rings is 1. The summed E-state index contributed by atoms with van der Waals surface area (Å²) >= 11 is 0. The van der Waals surface area contributed by atoms with Gasteiger partial charge < -0.3 is 9.73 Å². The second kappa shape index (κ2) is 4.55. The van der Waals surface area contributed by atoms with Crippen LogP contribution in [0.1, 0.15) is 31.9 Å². The summed E-state index contributed by atoms with van der Waals surface area (Å²) in [5.41, 5.74) is 0.236. The highest BCUT2D eigenvalue weighted by Gasteiger charge is 2.29. The smallest absolute Gasteiger partial charge is 0.208 e. The summed E-state index contributed by atoms with van der Waals surface area (Å²) in [6.07, 6.45) is 2.94. The van der Waals surface area contributed by atoms with Gasteiger partial charge in [0, 0.05) is 25.2 Å². The van der Waals surface area contributed by atoms with Gasteiger partial charge in [-0.2, -0.15) is 0 Å². The Kier molecular flexibility index (Phi) is 3.30. The molecular weight excluding hydrogens is 202 g/mol. The van der Waals surface area contributed by atoms with Crippen LogP contribution < -0.4 is 5.32 Å². The van der Waals surface area contributed by atoms with Crippen molar-refractivity contribution in [3.63, 3.8) is 0 Å². The van der Waals surface area contributed by atoms with Gasteiger partial charge in [0.1, 0.15) is 5.76 Å². The van der Waals surface area contributed by atoms with Crippen LogP contribution >= 0.6 is 0 Å². The fourth-order valence-electron chi connectivity index (χ4n) is 2.18. The summed E-state index contributed by atoms with van der Waals surface area (Å²) in [5, 5.41) is 3.57. The van der Waals surface area contributed by atoms with Crippen LogP contribution in [-0.4, -0.2) is 35.1 Å². The SMILES string of the molecule is CCC1(C)CN(Cc2ncc(C)o2)CCN1. The first kappa shape index (κ1) is 11.6. The molecule has 1 atom stereocenters. The topological polar surface area (TPSA) is 41.3 Å². The predicted octanol–water partition coefficient (Wildman–Crippen LogP) is 1.56. The number of hydrogen-bond acceptors (Lipinski definition) is 4. The van der Waals surface area contributed by atoms with Crippen molar-refractivity contribution in [1.82, 2.24) is 15.2 Å². The molecule has 0 aliphatic carbocycles. The Labute approximate surface area is 97.0 Å². The van der Waals surface area contributed by atoms with Gasteiger partial charge in [-0.3, -0.25) is 4.90 Å². The Morgan fingerprint density at radius 1 is 1.62 bits per heavy atom. The number of hydrogen-bond donors (Lipinski definition) is 1. The lowest BCUT2D eigenvalue weighted by Crippen LogP contribution is -2.58. The van der Waals surface area contributed by atoms with Gasteiger partial charge in [0.2, 0.25) is 5.89 Å². The first-order chi connectivity index (χ1) is 7.61. The van der Waals surface area contributed by atoms with Crippen molar-refractivity contribution in [3.05, 3.63) is 17.8 Å². The minimum absolute atomic E-state index is 0.236. The van der Waals surface area contributed by atoms with E-state index in [0.29, 0.717) is 0 Å². The molecule has 1 aromatic rings. The van der Waals surface area contributed by atoms with Crippen molar-refractivity contribution in [3.8, 4) is 0 Å². The lowest BCUT2D eigenvalue weighted by Gasteiger charge is -2.40. The Balaban J connectivity index is 1.95. The third-order valence-corrected chi connectivity index (χ3v) is 3.36. The molecule has 1 aliphatic heterocycles. The number of aromatic nitrogens is 1. The molecule has 1 aromatic heterocycles. The molecule has 0 spiro atoms. The number of rotatable bonds is 3. The summed E-state index contributed by atoms with van der Waals surface area (Å²) in [5.74, 6) is 1.72. The third kappa shape index (κ3) is 2.62. The number of aryl methyl sites for hydroxylation is 1. The van der Waals surface area contributed by atoms with E-state index in [0.717, 1.165) is 44.3 Å². The Morgan fingerprint density at radius 3 is 3.06 bits per heavy atom. The molecule has 1 saturated heterocycles. The molecule has 16 heavy (non-hydrogen) atoms. The van der Waals surface area contributed by atoms with Crippen molar-refractivity contribution in [2.45, 2.75) is 39.3 Å². The highest BCUT2D eigenvalue weighted by atomic mass is 16.4. The molecule has 2 heterocycles. The fraction of sp³-hybridized carbons (Fsp3) is 0.750. The van der Waals surface area contributed by atoms with E-state index in [1.165, 1.54) is 0 Å². The second-order valence-electron chi connectivity index (χ2n) is 4.92. The first-order valence-electron chi connectivity index (χ1n) is 6.00. The molecular formula is C12H21N3O. The zero-order valence-electron chi connectivity index (χ0n) is 10.4. The predicted molar refractivity (Wildman–Crippen MR) is 63.2 cm³/mol. The number of nitrogens with zero attached hydrogens (tertiary/aromatic N) is 2. The maximum atomic E-state index is 5.51. The van der Waals surface area contributed by atoms with Crippen LogP contribution in [0.2, 0.25) is 0 Å². The summed E-state index contributed by atoms with van der Waals surface area (Å²) in [6, 6.07) is 0. The molecule has 2 rings (SSSR count). The molecule has 90 valence electrons. The largest absolute Gasteiger partial charge is 0.445 e. The van der Waals surface area contributed by atoms with E-state index in [9.17, 15) is 0 Å². The average Bonchev–Trinajstić information content (AvgIpc) is 2.64. The van der Waals surface area contributed by atoms with Crippen molar-refractivity contribution >= 4 is 0 Å². The van der Waals surface area contributed by atoms with Gasteiger partial charge in [-0.15, -0.1) is 0 Å². The van der Waals surface area contributed by atoms with Crippen molar-refractivity contribution < 1.29 is 4.42 Å². The molecule has 0 radical (unpaired) electrons. The van der Waals surface area contributed by atoms with Crippen LogP contribution in [0, 0.1) is 6.92 Å². The van der Waals surface area contributed by atoms with Gasteiger partial charge in [-0.1, -0.05) is 6.92 Å². The van der Waals surface area contributed by atoms with Crippen LogP contribution in [0.25, 0.3) is 0 Å². The number of nitrogens with one attached hydrogen (secondary N) is 1. The summed E-state index contributed by atoms with van der Waals surface area (Å²) in [6.45, 7) is 10.4. The summed E-state index contributed by atoms with van der Waals surface area (Å²) < 4.78 is 5.51. The van der Waals surface area contributed by atoms with E-state index in [-0.39, 0.29) is 5.54 Å². The van der Waals surface area contributed by atoms with Crippen LogP contribution in [0.15, 0.2) is 10.6 Å². The quantitative estimate of drug-likeness (QED) is 0.844. The van der Waals surface area contributed by atoms with Gasteiger partial charge >= 0.3 is 0 Å². The molecule has 1 fully saturated rings. The Morgan fingerprint density at radius 2 is 2.44 bits per heavy atom. The van der Waals surface area contributed by atoms with Crippen molar-refractivity contribution in [2.24, 2.45) is 0 Å². The molecule has 0 bridgehead atoms. The third-order valence-electron chi connectivity index (χ3n) is 3.36. The lowest BCUT2D eigenvalue weighted by atomic mass is 9.96. The summed E-state index contributed by atoms with van der Waals surface area (Å²) in [4.78, 5) is 6.66. The Bertz CT molecular complexity index is 350. The van der Waals surface area contributed by atoms with Crippen molar-refractivity contribution in [1.29, 1.82) is 0 Å². The Hall–Kier alpha value is -0.870.